The van der Waals surface area contributed by atoms with E-state index in [1.165, 1.54) is 12.6 Å². The molecule has 3 rings (SSSR count). The van der Waals surface area contributed by atoms with Crippen molar-refractivity contribution in [3.63, 3.8) is 0 Å². The third-order valence-electron chi connectivity index (χ3n) is 4.51. The number of anilines is 2. The maximum atomic E-state index is 12.7. The lowest BCUT2D eigenvalue weighted by Crippen LogP contribution is -2.36. The van der Waals surface area contributed by atoms with Crippen LogP contribution >= 0.6 is 0 Å². The summed E-state index contributed by atoms with van der Waals surface area (Å²) in [6.07, 6.45) is 0. The fourth-order valence-electron chi connectivity index (χ4n) is 3.13. The second kappa shape index (κ2) is 8.68. The average Bonchev–Trinajstić information content (AvgIpc) is 2.68. The fourth-order valence-corrected chi connectivity index (χ4v) is 3.13. The lowest BCUT2D eigenvalue weighted by atomic mass is 10.1. The van der Waals surface area contributed by atoms with Gasteiger partial charge in [-0.05, 0) is 35.9 Å². The van der Waals surface area contributed by atoms with Crippen LogP contribution in [0, 0.1) is 0 Å². The van der Waals surface area contributed by atoms with E-state index in [0.717, 1.165) is 31.9 Å². The van der Waals surface area contributed by atoms with E-state index < -0.39 is 0 Å². The molecule has 2 amide bonds. The lowest BCUT2D eigenvalue weighted by molar-refractivity contribution is -0.114. The van der Waals surface area contributed by atoms with Crippen LogP contribution in [0.1, 0.15) is 22.8 Å². The van der Waals surface area contributed by atoms with Gasteiger partial charge in [-0.25, -0.2) is 0 Å². The van der Waals surface area contributed by atoms with Crippen molar-refractivity contribution < 1.29 is 14.3 Å². The molecule has 2 aromatic rings. The summed E-state index contributed by atoms with van der Waals surface area (Å²) in [5.41, 5.74) is 3.42. The monoisotopic (exact) mass is 367 g/mol. The molecule has 142 valence electrons. The predicted molar refractivity (Wildman–Crippen MR) is 106 cm³/mol. The highest BCUT2D eigenvalue weighted by Crippen LogP contribution is 2.18. The Hall–Kier alpha value is -2.86. The Labute approximate surface area is 159 Å². The molecule has 0 spiro atoms. The summed E-state index contributed by atoms with van der Waals surface area (Å²) in [5, 5.41) is 2.70. The number of benzene rings is 2. The van der Waals surface area contributed by atoms with Gasteiger partial charge in [0.25, 0.3) is 5.91 Å². The Morgan fingerprint density at radius 1 is 1.11 bits per heavy atom. The number of hydrogen-bond donors (Lipinski definition) is 1. The zero-order valence-electron chi connectivity index (χ0n) is 15.8. The third kappa shape index (κ3) is 5.08. The second-order valence-electron chi connectivity index (χ2n) is 6.69. The van der Waals surface area contributed by atoms with Crippen molar-refractivity contribution in [1.82, 2.24) is 4.90 Å². The average molecular weight is 367 g/mol. The van der Waals surface area contributed by atoms with Crippen molar-refractivity contribution in [2.24, 2.45) is 0 Å². The van der Waals surface area contributed by atoms with Crippen molar-refractivity contribution in [2.75, 3.05) is 43.6 Å². The molecule has 0 atom stereocenters. The summed E-state index contributed by atoms with van der Waals surface area (Å²) < 4.78 is 5.39. The number of ether oxygens (including phenoxy) is 1. The van der Waals surface area contributed by atoms with Crippen molar-refractivity contribution in [2.45, 2.75) is 13.5 Å². The van der Waals surface area contributed by atoms with Gasteiger partial charge in [0.05, 0.1) is 13.2 Å². The summed E-state index contributed by atoms with van der Waals surface area (Å²) in [4.78, 5) is 27.9. The molecule has 1 aliphatic heterocycles. The molecule has 0 saturated carbocycles. The molecule has 0 radical (unpaired) electrons. The van der Waals surface area contributed by atoms with Gasteiger partial charge in [-0.3, -0.25) is 9.59 Å². The quantitative estimate of drug-likeness (QED) is 0.883. The van der Waals surface area contributed by atoms with Gasteiger partial charge in [-0.15, -0.1) is 0 Å². The largest absolute Gasteiger partial charge is 0.378 e. The van der Waals surface area contributed by atoms with Gasteiger partial charge < -0.3 is 19.9 Å². The minimum absolute atomic E-state index is 0.0838. The van der Waals surface area contributed by atoms with Crippen molar-refractivity contribution in [3.05, 3.63) is 59.7 Å². The Kier molecular flexibility index (Phi) is 6.08. The van der Waals surface area contributed by atoms with E-state index in [9.17, 15) is 9.59 Å². The SMILES string of the molecule is CC(=O)Nc1cccc(C(=O)N(C)Cc2ccc(N3CCOCC3)cc2)c1. The van der Waals surface area contributed by atoms with Crippen LogP contribution in [0.5, 0.6) is 0 Å². The van der Waals surface area contributed by atoms with Crippen LogP contribution in [0.4, 0.5) is 11.4 Å². The Morgan fingerprint density at radius 2 is 1.81 bits per heavy atom. The summed E-state index contributed by atoms with van der Waals surface area (Å²) in [5.74, 6) is -0.243. The predicted octanol–water partition coefficient (Wildman–Crippen LogP) is 2.75. The number of carbonyl (C=O) groups is 2. The van der Waals surface area contributed by atoms with E-state index in [1.54, 1.807) is 36.2 Å². The van der Waals surface area contributed by atoms with Crippen LogP contribution in [0.25, 0.3) is 0 Å². The molecule has 1 saturated heterocycles. The molecule has 0 unspecified atom stereocenters. The van der Waals surface area contributed by atoms with Gasteiger partial charge in [0.2, 0.25) is 5.91 Å². The maximum Gasteiger partial charge on any atom is 0.253 e. The molecule has 0 aliphatic carbocycles. The molecule has 27 heavy (non-hydrogen) atoms. The zero-order chi connectivity index (χ0) is 19.2. The van der Waals surface area contributed by atoms with Crippen molar-refractivity contribution in [3.8, 4) is 0 Å². The van der Waals surface area contributed by atoms with Gasteiger partial charge in [0.15, 0.2) is 0 Å². The van der Waals surface area contributed by atoms with Gasteiger partial charge in [0, 0.05) is 50.5 Å². The Morgan fingerprint density at radius 3 is 2.48 bits per heavy atom. The number of nitrogens with one attached hydrogen (secondary N) is 1. The Balaban J connectivity index is 1.63. The number of rotatable bonds is 5. The first kappa shape index (κ1) is 18.9. The van der Waals surface area contributed by atoms with Crippen LogP contribution in [0.2, 0.25) is 0 Å². The van der Waals surface area contributed by atoms with Crippen LogP contribution < -0.4 is 10.2 Å². The molecule has 6 nitrogen and oxygen atoms in total. The van der Waals surface area contributed by atoms with E-state index in [0.29, 0.717) is 17.8 Å². The highest BCUT2D eigenvalue weighted by atomic mass is 16.5. The Bertz CT molecular complexity index is 799. The van der Waals surface area contributed by atoms with Crippen LogP contribution in [-0.2, 0) is 16.1 Å². The van der Waals surface area contributed by atoms with Crippen LogP contribution in [0.15, 0.2) is 48.5 Å². The molecule has 1 heterocycles. The topological polar surface area (TPSA) is 61.9 Å². The van der Waals surface area contributed by atoms with Gasteiger partial charge in [0.1, 0.15) is 0 Å². The molecular formula is C21H25N3O3. The van der Waals surface area contributed by atoms with E-state index in [1.807, 2.05) is 0 Å². The van der Waals surface area contributed by atoms with E-state index in [-0.39, 0.29) is 11.8 Å². The minimum atomic E-state index is -0.159. The number of carbonyl (C=O) groups excluding carboxylic acids is 2. The molecule has 6 heteroatoms. The normalized spacial score (nSPS) is 13.9. The summed E-state index contributed by atoms with van der Waals surface area (Å²) in [6, 6.07) is 15.3. The fraction of sp³-hybridized carbons (Fsp3) is 0.333. The molecule has 2 aromatic carbocycles. The molecule has 0 bridgehead atoms. The van der Waals surface area contributed by atoms with Gasteiger partial charge in [-0.2, -0.15) is 0 Å². The molecule has 1 fully saturated rings. The van der Waals surface area contributed by atoms with E-state index in [4.69, 9.17) is 4.74 Å². The smallest absolute Gasteiger partial charge is 0.253 e. The molecule has 0 aromatic heterocycles. The summed E-state index contributed by atoms with van der Waals surface area (Å²) in [6.45, 7) is 5.30. The van der Waals surface area contributed by atoms with Crippen LogP contribution in [0.3, 0.4) is 0 Å². The molecule has 1 N–H and O–H groups in total. The lowest BCUT2D eigenvalue weighted by Gasteiger charge is -2.29. The summed E-state index contributed by atoms with van der Waals surface area (Å²) >= 11 is 0. The second-order valence-corrected chi connectivity index (χ2v) is 6.69. The summed E-state index contributed by atoms with van der Waals surface area (Å²) in [7, 11) is 1.78. The minimum Gasteiger partial charge on any atom is -0.378 e. The number of amides is 2. The van der Waals surface area contributed by atoms with Gasteiger partial charge in [-0.1, -0.05) is 18.2 Å². The third-order valence-corrected chi connectivity index (χ3v) is 4.51. The molecule has 1 aliphatic rings. The van der Waals surface area contributed by atoms with Gasteiger partial charge >= 0.3 is 0 Å². The first-order valence-corrected chi connectivity index (χ1v) is 9.07. The first-order chi connectivity index (χ1) is 13.0. The van der Waals surface area contributed by atoms with E-state index >= 15 is 0 Å². The van der Waals surface area contributed by atoms with Crippen molar-refractivity contribution >= 4 is 23.2 Å². The first-order valence-electron chi connectivity index (χ1n) is 9.07. The van der Waals surface area contributed by atoms with Crippen molar-refractivity contribution in [1.29, 1.82) is 0 Å². The number of hydrogen-bond acceptors (Lipinski definition) is 4. The van der Waals surface area contributed by atoms with Crippen LogP contribution in [-0.4, -0.2) is 50.1 Å². The van der Waals surface area contributed by atoms with E-state index in [2.05, 4.69) is 34.5 Å². The number of nitrogens with zero attached hydrogens (tertiary/aromatic N) is 2. The highest BCUT2D eigenvalue weighted by Gasteiger charge is 2.14. The maximum absolute atomic E-state index is 12.7. The highest BCUT2D eigenvalue weighted by molar-refractivity contribution is 5.96. The standard InChI is InChI=1S/C21H25N3O3/c1-16(25)22-19-5-3-4-18(14-19)21(26)23(2)15-17-6-8-20(9-7-17)24-10-12-27-13-11-24/h3-9,14H,10-13,15H2,1-2H3,(H,22,25). The number of morpholine rings is 1. The molecular weight excluding hydrogens is 342 g/mol. The zero-order valence-corrected chi connectivity index (χ0v) is 15.8.